The monoisotopic (exact) mass is 477 g/mol. The minimum Gasteiger partial charge on any atom is -0.422 e. The van der Waals surface area contributed by atoms with Crippen molar-refractivity contribution < 1.29 is 9.53 Å². The summed E-state index contributed by atoms with van der Waals surface area (Å²) in [6.45, 7) is 5.95. The van der Waals surface area contributed by atoms with Crippen molar-refractivity contribution in [1.29, 1.82) is 0 Å². The number of nitrogens with zero attached hydrogens (tertiary/aromatic N) is 1. The number of benzene rings is 4. The highest BCUT2D eigenvalue weighted by atomic mass is 35.5. The molecule has 5 aromatic rings. The third-order valence-electron chi connectivity index (χ3n) is 6.14. The van der Waals surface area contributed by atoms with Crippen molar-refractivity contribution in [2.24, 2.45) is 0 Å². The zero-order valence-electron chi connectivity index (χ0n) is 19.8. The molecule has 0 saturated carbocycles. The molecular formula is C31H24ClNO2. The van der Waals surface area contributed by atoms with Crippen LogP contribution in [0.3, 0.4) is 0 Å². The molecule has 4 heteroatoms. The maximum absolute atomic E-state index is 13.8. The summed E-state index contributed by atoms with van der Waals surface area (Å²) < 4.78 is 6.08. The molecule has 0 N–H and O–H groups in total. The van der Waals surface area contributed by atoms with Crippen LogP contribution in [0.15, 0.2) is 91.0 Å². The Morgan fingerprint density at radius 1 is 0.800 bits per heavy atom. The topological polar surface area (TPSA) is 39.2 Å². The smallest absolute Gasteiger partial charge is 0.344 e. The van der Waals surface area contributed by atoms with Crippen LogP contribution in [0.4, 0.5) is 0 Å². The number of esters is 1. The number of hydrogen-bond donors (Lipinski definition) is 0. The van der Waals surface area contributed by atoms with Gasteiger partial charge in [0.15, 0.2) is 0 Å². The molecule has 172 valence electrons. The second-order valence-corrected chi connectivity index (χ2v) is 9.14. The molecule has 3 nitrogen and oxygen atoms in total. The molecule has 0 unspecified atom stereocenters. The van der Waals surface area contributed by atoms with Gasteiger partial charge in [-0.3, -0.25) is 0 Å². The summed E-state index contributed by atoms with van der Waals surface area (Å²) >= 11 is 6.28. The van der Waals surface area contributed by atoms with E-state index in [0.29, 0.717) is 16.3 Å². The van der Waals surface area contributed by atoms with Crippen molar-refractivity contribution in [2.45, 2.75) is 20.8 Å². The minimum absolute atomic E-state index is 0.411. The van der Waals surface area contributed by atoms with Gasteiger partial charge in [-0.05, 0) is 61.7 Å². The highest BCUT2D eigenvalue weighted by Crippen LogP contribution is 2.35. The zero-order chi connectivity index (χ0) is 24.5. The molecule has 0 atom stereocenters. The maximum Gasteiger partial charge on any atom is 0.344 e. The fourth-order valence-corrected chi connectivity index (χ4v) is 4.75. The third-order valence-corrected chi connectivity index (χ3v) is 6.38. The van der Waals surface area contributed by atoms with Gasteiger partial charge in [-0.2, -0.15) is 0 Å². The molecule has 1 aromatic heterocycles. The van der Waals surface area contributed by atoms with E-state index in [0.717, 1.165) is 50.0 Å². The first kappa shape index (κ1) is 22.8. The van der Waals surface area contributed by atoms with Gasteiger partial charge in [-0.1, -0.05) is 83.9 Å². The van der Waals surface area contributed by atoms with Gasteiger partial charge >= 0.3 is 5.97 Å². The van der Waals surface area contributed by atoms with E-state index in [-0.39, 0.29) is 0 Å². The van der Waals surface area contributed by atoms with Crippen LogP contribution >= 0.6 is 11.6 Å². The van der Waals surface area contributed by atoms with Crippen molar-refractivity contribution in [3.63, 3.8) is 0 Å². The predicted molar refractivity (Wildman–Crippen MR) is 143 cm³/mol. The van der Waals surface area contributed by atoms with E-state index in [1.165, 1.54) is 0 Å². The highest BCUT2D eigenvalue weighted by Gasteiger charge is 2.23. The molecular weight excluding hydrogens is 454 g/mol. The summed E-state index contributed by atoms with van der Waals surface area (Å²) in [4.78, 5) is 18.8. The lowest BCUT2D eigenvalue weighted by atomic mass is 9.95. The standard InChI is InChI=1S/C31H24ClNO2/c1-19-16-20(2)29-26(17-19)28(21(3)30(33-29)23-12-9-13-24(32)18-23)31(34)35-27-15-8-7-14-25(27)22-10-5-4-6-11-22/h4-18H,1-3H3. The molecule has 1 heterocycles. The number of fused-ring (bicyclic) bond motifs is 1. The molecule has 0 aliphatic heterocycles. The first-order valence-corrected chi connectivity index (χ1v) is 11.8. The number of ether oxygens (including phenoxy) is 1. The fourth-order valence-electron chi connectivity index (χ4n) is 4.56. The molecule has 0 aliphatic carbocycles. The minimum atomic E-state index is -0.411. The van der Waals surface area contributed by atoms with E-state index in [2.05, 4.69) is 6.07 Å². The number of halogens is 1. The van der Waals surface area contributed by atoms with E-state index in [4.69, 9.17) is 21.3 Å². The largest absolute Gasteiger partial charge is 0.422 e. The van der Waals surface area contributed by atoms with Crippen molar-refractivity contribution >= 4 is 28.5 Å². The molecule has 0 bridgehead atoms. The average molecular weight is 478 g/mol. The Labute approximate surface area is 210 Å². The van der Waals surface area contributed by atoms with Crippen molar-refractivity contribution in [3.05, 3.63) is 118 Å². The Bertz CT molecular complexity index is 1570. The second-order valence-electron chi connectivity index (χ2n) is 8.70. The zero-order valence-corrected chi connectivity index (χ0v) is 20.6. The molecule has 0 spiro atoms. The lowest BCUT2D eigenvalue weighted by Gasteiger charge is -2.17. The molecule has 0 radical (unpaired) electrons. The number of hydrogen-bond acceptors (Lipinski definition) is 3. The molecule has 5 rings (SSSR count). The van der Waals surface area contributed by atoms with E-state index < -0.39 is 5.97 Å². The first-order chi connectivity index (χ1) is 16.9. The lowest BCUT2D eigenvalue weighted by molar-refractivity contribution is 0.0737. The van der Waals surface area contributed by atoms with Crippen molar-refractivity contribution in [2.75, 3.05) is 0 Å². The first-order valence-electron chi connectivity index (χ1n) is 11.5. The van der Waals surface area contributed by atoms with Crippen LogP contribution in [0.2, 0.25) is 5.02 Å². The lowest BCUT2D eigenvalue weighted by Crippen LogP contribution is -2.13. The van der Waals surface area contributed by atoms with Gasteiger partial charge in [0.1, 0.15) is 5.75 Å². The number of carbonyl (C=O) groups excluding carboxylic acids is 1. The molecule has 0 fully saturated rings. The van der Waals surface area contributed by atoms with Crippen LogP contribution in [0, 0.1) is 20.8 Å². The van der Waals surface area contributed by atoms with Crippen molar-refractivity contribution in [3.8, 4) is 28.1 Å². The number of pyridine rings is 1. The van der Waals surface area contributed by atoms with Crippen LogP contribution in [-0.4, -0.2) is 11.0 Å². The predicted octanol–water partition coefficient (Wildman–Crippen LogP) is 8.37. The number of para-hydroxylation sites is 1. The number of rotatable bonds is 4. The quantitative estimate of drug-likeness (QED) is 0.193. The van der Waals surface area contributed by atoms with Gasteiger partial charge in [-0.15, -0.1) is 0 Å². The van der Waals surface area contributed by atoms with E-state index in [1.807, 2.05) is 106 Å². The van der Waals surface area contributed by atoms with E-state index >= 15 is 0 Å². The summed E-state index contributed by atoms with van der Waals surface area (Å²) in [6.07, 6.45) is 0. The Balaban J connectivity index is 1.69. The van der Waals surface area contributed by atoms with Gasteiger partial charge in [0.05, 0.1) is 16.8 Å². The SMILES string of the molecule is Cc1cc(C)c2nc(-c3cccc(Cl)c3)c(C)c(C(=O)Oc3ccccc3-c3ccccc3)c2c1. The number of carbonyl (C=O) groups is 1. The van der Waals surface area contributed by atoms with Crippen molar-refractivity contribution in [1.82, 2.24) is 4.98 Å². The van der Waals surface area contributed by atoms with Crippen LogP contribution in [-0.2, 0) is 0 Å². The molecule has 0 saturated heterocycles. The summed E-state index contributed by atoms with van der Waals surface area (Å²) in [6, 6.07) is 29.1. The second kappa shape index (κ2) is 9.36. The Kier molecular flexibility index (Phi) is 6.10. The van der Waals surface area contributed by atoms with Gasteiger partial charge in [0.25, 0.3) is 0 Å². The van der Waals surface area contributed by atoms with Crippen LogP contribution in [0.5, 0.6) is 5.75 Å². The Hall–Kier alpha value is -3.95. The van der Waals surface area contributed by atoms with Gasteiger partial charge in [-0.25, -0.2) is 9.78 Å². The van der Waals surface area contributed by atoms with E-state index in [1.54, 1.807) is 0 Å². The van der Waals surface area contributed by atoms with E-state index in [9.17, 15) is 4.79 Å². The number of aryl methyl sites for hydroxylation is 2. The summed E-state index contributed by atoms with van der Waals surface area (Å²) in [7, 11) is 0. The third kappa shape index (κ3) is 4.43. The molecule has 0 aliphatic rings. The van der Waals surface area contributed by atoms with Gasteiger partial charge < -0.3 is 4.74 Å². The Morgan fingerprint density at radius 2 is 1.51 bits per heavy atom. The summed E-state index contributed by atoms with van der Waals surface area (Å²) in [5.74, 6) is 0.105. The van der Waals surface area contributed by atoms with Crippen LogP contribution in [0.1, 0.15) is 27.0 Å². The molecule has 35 heavy (non-hydrogen) atoms. The molecule has 4 aromatic carbocycles. The Morgan fingerprint density at radius 3 is 2.29 bits per heavy atom. The summed E-state index contributed by atoms with van der Waals surface area (Å²) in [5, 5.41) is 1.40. The summed E-state index contributed by atoms with van der Waals surface area (Å²) in [5.41, 5.74) is 7.53. The normalized spacial score (nSPS) is 11.0. The van der Waals surface area contributed by atoms with Gasteiger partial charge in [0.2, 0.25) is 0 Å². The maximum atomic E-state index is 13.8. The average Bonchev–Trinajstić information content (AvgIpc) is 2.84. The van der Waals surface area contributed by atoms with Crippen LogP contribution < -0.4 is 4.74 Å². The fraction of sp³-hybridized carbons (Fsp3) is 0.0968. The van der Waals surface area contributed by atoms with Crippen LogP contribution in [0.25, 0.3) is 33.3 Å². The van der Waals surface area contributed by atoms with Gasteiger partial charge in [0, 0.05) is 21.5 Å². The number of aromatic nitrogens is 1. The molecule has 0 amide bonds. The highest BCUT2D eigenvalue weighted by molar-refractivity contribution is 6.30.